The van der Waals surface area contributed by atoms with Gasteiger partial charge >= 0.3 is 0 Å². The first-order chi connectivity index (χ1) is 9.15. The molecule has 1 aliphatic heterocycles. The Bertz CT molecular complexity index is 473. The smallest absolute Gasteiger partial charge is 0.228 e. The average molecular weight is 296 g/mol. The predicted molar refractivity (Wildman–Crippen MR) is 82.8 cm³/mol. The maximum Gasteiger partial charge on any atom is 0.228 e. The molecule has 1 amide bonds. The van der Waals surface area contributed by atoms with Crippen LogP contribution in [0, 0.1) is 5.92 Å². The molecule has 19 heavy (non-hydrogen) atoms. The van der Waals surface area contributed by atoms with Crippen LogP contribution in [-0.4, -0.2) is 29.0 Å². The first-order valence-corrected chi connectivity index (χ1v) is 7.61. The van der Waals surface area contributed by atoms with Crippen molar-refractivity contribution in [3.05, 3.63) is 24.3 Å². The maximum atomic E-state index is 12.0. The molecule has 1 atom stereocenters. The second-order valence-electron chi connectivity index (χ2n) is 4.33. The summed E-state index contributed by atoms with van der Waals surface area (Å²) < 4.78 is 5.39. The van der Waals surface area contributed by atoms with Crippen LogP contribution in [-0.2, 0) is 4.79 Å². The quantitative estimate of drug-likeness (QED) is 0.814. The van der Waals surface area contributed by atoms with Crippen LogP contribution in [0.5, 0.6) is 5.75 Å². The minimum atomic E-state index is 0.0801. The SMILES string of the molecule is NC(=S)COc1cccc(NC(=O)C2CCSC2)c1. The Morgan fingerprint density at radius 2 is 2.42 bits per heavy atom. The Balaban J connectivity index is 1.94. The predicted octanol–water partition coefficient (Wildman–Crippen LogP) is 2.04. The molecule has 0 bridgehead atoms. The third kappa shape index (κ3) is 4.40. The third-order valence-electron chi connectivity index (χ3n) is 2.78. The van der Waals surface area contributed by atoms with Crippen molar-refractivity contribution in [3.8, 4) is 5.75 Å². The Kier molecular flexibility index (Phi) is 5.04. The molecule has 4 nitrogen and oxygen atoms in total. The summed E-state index contributed by atoms with van der Waals surface area (Å²) in [6.07, 6.45) is 0.953. The number of hydrogen-bond acceptors (Lipinski definition) is 4. The molecule has 1 fully saturated rings. The van der Waals surface area contributed by atoms with Gasteiger partial charge in [-0.05, 0) is 24.3 Å². The van der Waals surface area contributed by atoms with Gasteiger partial charge in [-0.25, -0.2) is 0 Å². The zero-order chi connectivity index (χ0) is 13.7. The topological polar surface area (TPSA) is 64.3 Å². The fraction of sp³-hybridized carbons (Fsp3) is 0.385. The maximum absolute atomic E-state index is 12.0. The van der Waals surface area contributed by atoms with Crippen LogP contribution >= 0.6 is 24.0 Å². The minimum absolute atomic E-state index is 0.0801. The zero-order valence-corrected chi connectivity index (χ0v) is 12.1. The Morgan fingerprint density at radius 1 is 1.58 bits per heavy atom. The Hall–Kier alpha value is -1.27. The standard InChI is InChI=1S/C13H16N2O2S2/c14-12(18)7-17-11-3-1-2-10(6-11)15-13(16)9-4-5-19-8-9/h1-3,6,9H,4-5,7-8H2,(H2,14,18)(H,15,16). The van der Waals surface area contributed by atoms with Gasteiger partial charge < -0.3 is 15.8 Å². The Morgan fingerprint density at radius 3 is 3.11 bits per heavy atom. The second-order valence-corrected chi connectivity index (χ2v) is 6.01. The lowest BCUT2D eigenvalue weighted by atomic mass is 10.1. The van der Waals surface area contributed by atoms with Gasteiger partial charge in [-0.2, -0.15) is 11.8 Å². The number of hydrogen-bond donors (Lipinski definition) is 2. The normalized spacial score (nSPS) is 18.0. The average Bonchev–Trinajstić information content (AvgIpc) is 2.91. The Labute approximate surface area is 122 Å². The van der Waals surface area contributed by atoms with Gasteiger partial charge in [-0.1, -0.05) is 18.3 Å². The number of carbonyl (C=O) groups excluding carboxylic acids is 1. The third-order valence-corrected chi connectivity index (χ3v) is 4.06. The van der Waals surface area contributed by atoms with Crippen LogP contribution in [0.3, 0.4) is 0 Å². The lowest BCUT2D eigenvalue weighted by Crippen LogP contribution is -2.22. The highest BCUT2D eigenvalue weighted by molar-refractivity contribution is 7.99. The highest BCUT2D eigenvalue weighted by Gasteiger charge is 2.23. The summed E-state index contributed by atoms with van der Waals surface area (Å²) in [4.78, 5) is 12.3. The molecule has 1 unspecified atom stereocenters. The molecule has 0 aliphatic carbocycles. The van der Waals surface area contributed by atoms with Crippen molar-refractivity contribution in [1.29, 1.82) is 0 Å². The summed E-state index contributed by atoms with van der Waals surface area (Å²) in [7, 11) is 0. The molecule has 0 radical (unpaired) electrons. The van der Waals surface area contributed by atoms with E-state index in [1.165, 1.54) is 0 Å². The first kappa shape index (κ1) is 14.1. The summed E-state index contributed by atoms with van der Waals surface area (Å²) in [6, 6.07) is 7.25. The van der Waals surface area contributed by atoms with E-state index >= 15 is 0 Å². The van der Waals surface area contributed by atoms with Crippen LogP contribution in [0.1, 0.15) is 6.42 Å². The largest absolute Gasteiger partial charge is 0.486 e. The van der Waals surface area contributed by atoms with E-state index in [2.05, 4.69) is 5.32 Å². The summed E-state index contributed by atoms with van der Waals surface area (Å²) >= 11 is 6.57. The molecular weight excluding hydrogens is 280 g/mol. The number of nitrogens with two attached hydrogens (primary N) is 1. The fourth-order valence-corrected chi connectivity index (χ4v) is 3.08. The summed E-state index contributed by atoms with van der Waals surface area (Å²) in [6.45, 7) is 0.200. The lowest BCUT2D eigenvalue weighted by molar-refractivity contribution is -0.119. The number of ether oxygens (including phenoxy) is 1. The van der Waals surface area contributed by atoms with E-state index in [1.54, 1.807) is 12.1 Å². The molecule has 1 aromatic rings. The van der Waals surface area contributed by atoms with Crippen molar-refractivity contribution in [1.82, 2.24) is 0 Å². The van der Waals surface area contributed by atoms with Gasteiger partial charge in [0.25, 0.3) is 0 Å². The minimum Gasteiger partial charge on any atom is -0.486 e. The molecule has 3 N–H and O–H groups in total. The number of benzene rings is 1. The van der Waals surface area contributed by atoms with E-state index in [-0.39, 0.29) is 18.4 Å². The molecule has 6 heteroatoms. The van der Waals surface area contributed by atoms with Gasteiger partial charge in [-0.3, -0.25) is 4.79 Å². The van der Waals surface area contributed by atoms with Crippen molar-refractivity contribution >= 4 is 40.6 Å². The molecule has 1 saturated heterocycles. The van der Waals surface area contributed by atoms with Crippen molar-refractivity contribution in [2.45, 2.75) is 6.42 Å². The molecule has 2 rings (SSSR count). The molecule has 1 heterocycles. The number of anilines is 1. The van der Waals surface area contributed by atoms with Gasteiger partial charge in [0.15, 0.2) is 0 Å². The van der Waals surface area contributed by atoms with E-state index in [4.69, 9.17) is 22.7 Å². The van der Waals surface area contributed by atoms with Crippen LogP contribution in [0.15, 0.2) is 24.3 Å². The van der Waals surface area contributed by atoms with Crippen molar-refractivity contribution in [3.63, 3.8) is 0 Å². The van der Waals surface area contributed by atoms with Gasteiger partial charge in [-0.15, -0.1) is 0 Å². The van der Waals surface area contributed by atoms with Gasteiger partial charge in [0.1, 0.15) is 17.3 Å². The van der Waals surface area contributed by atoms with Crippen molar-refractivity contribution < 1.29 is 9.53 Å². The van der Waals surface area contributed by atoms with Gasteiger partial charge in [0.2, 0.25) is 5.91 Å². The molecular formula is C13H16N2O2S2. The summed E-state index contributed by atoms with van der Waals surface area (Å²) in [5, 5.41) is 2.92. The van der Waals surface area contributed by atoms with Gasteiger partial charge in [0.05, 0.1) is 0 Å². The molecule has 1 aromatic carbocycles. The number of thiocarbonyl (C=S) groups is 1. The first-order valence-electron chi connectivity index (χ1n) is 6.05. The number of amides is 1. The van der Waals surface area contributed by atoms with E-state index in [0.717, 1.165) is 23.6 Å². The lowest BCUT2D eigenvalue weighted by Gasteiger charge is -2.11. The van der Waals surface area contributed by atoms with Crippen LogP contribution < -0.4 is 15.8 Å². The van der Waals surface area contributed by atoms with Crippen LogP contribution in [0.2, 0.25) is 0 Å². The monoisotopic (exact) mass is 296 g/mol. The molecule has 0 aromatic heterocycles. The van der Waals surface area contributed by atoms with Crippen molar-refractivity contribution in [2.24, 2.45) is 11.7 Å². The number of thioether (sulfide) groups is 1. The van der Waals surface area contributed by atoms with E-state index in [1.807, 2.05) is 23.9 Å². The van der Waals surface area contributed by atoms with E-state index in [0.29, 0.717) is 10.7 Å². The molecule has 1 aliphatic rings. The number of nitrogens with one attached hydrogen (secondary N) is 1. The van der Waals surface area contributed by atoms with Crippen LogP contribution in [0.25, 0.3) is 0 Å². The number of rotatable bonds is 5. The molecule has 0 spiro atoms. The van der Waals surface area contributed by atoms with Gasteiger partial charge in [0, 0.05) is 23.4 Å². The fourth-order valence-electron chi connectivity index (χ4n) is 1.80. The van der Waals surface area contributed by atoms with Crippen molar-refractivity contribution in [2.75, 3.05) is 23.4 Å². The zero-order valence-electron chi connectivity index (χ0n) is 10.4. The van der Waals surface area contributed by atoms with E-state index in [9.17, 15) is 4.79 Å². The second kappa shape index (κ2) is 6.77. The highest BCUT2D eigenvalue weighted by Crippen LogP contribution is 2.25. The van der Waals surface area contributed by atoms with Crippen LogP contribution in [0.4, 0.5) is 5.69 Å². The summed E-state index contributed by atoms with van der Waals surface area (Å²) in [5.74, 6) is 2.81. The summed E-state index contributed by atoms with van der Waals surface area (Å²) in [5.41, 5.74) is 6.11. The van der Waals surface area contributed by atoms with E-state index < -0.39 is 0 Å². The number of carbonyl (C=O) groups is 1. The molecule has 102 valence electrons. The highest BCUT2D eigenvalue weighted by atomic mass is 32.2. The molecule has 0 saturated carbocycles.